The highest BCUT2D eigenvalue weighted by atomic mass is 127. The zero-order valence-electron chi connectivity index (χ0n) is 18.1. The summed E-state index contributed by atoms with van der Waals surface area (Å²) >= 11 is 0. The minimum atomic E-state index is 0. The fraction of sp³-hybridized carbons (Fsp3) is 0.682. The number of nitrogens with one attached hydrogen (secondary N) is 2. The maximum Gasteiger partial charge on any atom is 0.191 e. The molecule has 3 rings (SSSR count). The van der Waals surface area contributed by atoms with Crippen molar-refractivity contribution in [3.05, 3.63) is 23.8 Å². The molecule has 1 aliphatic heterocycles. The zero-order valence-corrected chi connectivity index (χ0v) is 20.4. The van der Waals surface area contributed by atoms with E-state index in [1.807, 2.05) is 26.1 Å². The Morgan fingerprint density at radius 1 is 1.14 bits per heavy atom. The first-order chi connectivity index (χ1) is 13.7. The van der Waals surface area contributed by atoms with Crippen molar-refractivity contribution < 1.29 is 9.47 Å². The lowest BCUT2D eigenvalue weighted by Crippen LogP contribution is -2.50. The number of guanidine groups is 1. The number of nitrogens with zero attached hydrogens (tertiary/aromatic N) is 2. The number of benzene rings is 1. The fourth-order valence-electron chi connectivity index (χ4n) is 4.35. The van der Waals surface area contributed by atoms with Crippen molar-refractivity contribution >= 4 is 29.9 Å². The summed E-state index contributed by atoms with van der Waals surface area (Å²) in [5, 5.41) is 7.04. The van der Waals surface area contributed by atoms with Crippen LogP contribution < -0.4 is 20.1 Å². The van der Waals surface area contributed by atoms with E-state index in [1.54, 1.807) is 7.11 Å². The molecule has 0 amide bonds. The highest BCUT2D eigenvalue weighted by Crippen LogP contribution is 2.28. The van der Waals surface area contributed by atoms with Crippen molar-refractivity contribution in [1.82, 2.24) is 15.5 Å². The molecule has 0 spiro atoms. The van der Waals surface area contributed by atoms with Gasteiger partial charge in [-0.1, -0.05) is 18.9 Å². The Hall–Kier alpha value is -1.22. The lowest BCUT2D eigenvalue weighted by Gasteiger charge is -2.36. The molecular weight excluding hydrogens is 479 g/mol. The third kappa shape index (κ3) is 6.91. The third-order valence-electron chi connectivity index (χ3n) is 5.92. The molecule has 1 heterocycles. The number of hydrogen-bond acceptors (Lipinski definition) is 4. The molecule has 1 saturated carbocycles. The number of likely N-dealkylation sites (tertiary alicyclic amines) is 1. The first-order valence-electron chi connectivity index (χ1n) is 10.7. The predicted octanol–water partition coefficient (Wildman–Crippen LogP) is 3.78. The van der Waals surface area contributed by atoms with Gasteiger partial charge in [-0.2, -0.15) is 0 Å². The van der Waals surface area contributed by atoms with Gasteiger partial charge in [0, 0.05) is 38.8 Å². The molecule has 29 heavy (non-hydrogen) atoms. The fourth-order valence-corrected chi connectivity index (χ4v) is 4.35. The third-order valence-corrected chi connectivity index (χ3v) is 5.92. The SMILES string of the molecule is CCOc1cc(CNC(=NC)NC2CCN(C3CCCC3)CC2)ccc1OC.I. The monoisotopic (exact) mass is 516 g/mol. The molecule has 1 aliphatic carbocycles. The van der Waals surface area contributed by atoms with Crippen LogP contribution in [0.4, 0.5) is 0 Å². The quantitative estimate of drug-likeness (QED) is 0.328. The van der Waals surface area contributed by atoms with Gasteiger partial charge >= 0.3 is 0 Å². The minimum absolute atomic E-state index is 0. The summed E-state index contributed by atoms with van der Waals surface area (Å²) < 4.78 is 11.0. The van der Waals surface area contributed by atoms with E-state index in [1.165, 1.54) is 51.6 Å². The van der Waals surface area contributed by atoms with Gasteiger partial charge in [0.2, 0.25) is 0 Å². The van der Waals surface area contributed by atoms with Crippen molar-refractivity contribution in [3.63, 3.8) is 0 Å². The lowest BCUT2D eigenvalue weighted by molar-refractivity contribution is 0.150. The smallest absolute Gasteiger partial charge is 0.191 e. The largest absolute Gasteiger partial charge is 0.493 e. The van der Waals surface area contributed by atoms with Crippen molar-refractivity contribution in [2.24, 2.45) is 4.99 Å². The second-order valence-corrected chi connectivity index (χ2v) is 7.74. The van der Waals surface area contributed by atoms with Crippen molar-refractivity contribution in [1.29, 1.82) is 0 Å². The van der Waals surface area contributed by atoms with Crippen molar-refractivity contribution in [2.45, 2.75) is 64.1 Å². The topological polar surface area (TPSA) is 58.1 Å². The normalized spacial score (nSPS) is 18.9. The number of aliphatic imine (C=N–C) groups is 1. The molecule has 2 fully saturated rings. The number of piperidine rings is 1. The number of halogens is 1. The van der Waals surface area contributed by atoms with Crippen LogP contribution in [0.3, 0.4) is 0 Å². The zero-order chi connectivity index (χ0) is 19.8. The van der Waals surface area contributed by atoms with E-state index in [0.717, 1.165) is 29.1 Å². The molecule has 1 aromatic rings. The molecule has 0 atom stereocenters. The molecule has 0 bridgehead atoms. The number of rotatable bonds is 7. The van der Waals surface area contributed by atoms with Gasteiger partial charge in [-0.25, -0.2) is 0 Å². The van der Waals surface area contributed by atoms with Crippen LogP contribution in [0, 0.1) is 0 Å². The molecule has 6 nitrogen and oxygen atoms in total. The van der Waals surface area contributed by atoms with Gasteiger partial charge in [0.15, 0.2) is 17.5 Å². The Morgan fingerprint density at radius 2 is 1.86 bits per heavy atom. The van der Waals surface area contributed by atoms with Crippen LogP contribution >= 0.6 is 24.0 Å². The van der Waals surface area contributed by atoms with Gasteiger partial charge in [0.1, 0.15) is 0 Å². The lowest BCUT2D eigenvalue weighted by atomic mass is 10.0. The van der Waals surface area contributed by atoms with Crippen LogP contribution in [0.2, 0.25) is 0 Å². The Labute approximate surface area is 192 Å². The van der Waals surface area contributed by atoms with E-state index in [2.05, 4.69) is 26.6 Å². The summed E-state index contributed by atoms with van der Waals surface area (Å²) in [6.45, 7) is 5.71. The second-order valence-electron chi connectivity index (χ2n) is 7.74. The molecular formula is C22H37IN4O2. The summed E-state index contributed by atoms with van der Waals surface area (Å²) in [6, 6.07) is 7.38. The standard InChI is InChI=1S/C22H36N4O2.HI/c1-4-28-21-15-17(9-10-20(21)27-3)16-24-22(23-2)25-18-11-13-26(14-12-18)19-7-5-6-8-19;/h9-10,15,18-19H,4-8,11-14,16H2,1-3H3,(H2,23,24,25);1H. The Bertz CT molecular complexity index is 642. The predicted molar refractivity (Wildman–Crippen MR) is 130 cm³/mol. The maximum atomic E-state index is 5.67. The first-order valence-corrected chi connectivity index (χ1v) is 10.7. The summed E-state index contributed by atoms with van der Waals surface area (Å²) in [6.07, 6.45) is 7.99. The molecule has 7 heteroatoms. The minimum Gasteiger partial charge on any atom is -0.493 e. The Morgan fingerprint density at radius 3 is 2.48 bits per heavy atom. The van der Waals surface area contributed by atoms with Gasteiger partial charge in [0.05, 0.1) is 13.7 Å². The van der Waals surface area contributed by atoms with Crippen LogP contribution in [0.1, 0.15) is 51.0 Å². The average molecular weight is 516 g/mol. The number of methoxy groups -OCH3 is 1. The van der Waals surface area contributed by atoms with Crippen molar-refractivity contribution in [3.8, 4) is 11.5 Å². The molecule has 1 aromatic carbocycles. The van der Waals surface area contributed by atoms with Crippen LogP contribution in [-0.4, -0.2) is 56.8 Å². The molecule has 0 aromatic heterocycles. The van der Waals surface area contributed by atoms with Crippen LogP contribution in [0.25, 0.3) is 0 Å². The van der Waals surface area contributed by atoms with E-state index >= 15 is 0 Å². The highest BCUT2D eigenvalue weighted by molar-refractivity contribution is 14.0. The van der Waals surface area contributed by atoms with Crippen molar-refractivity contribution in [2.75, 3.05) is 33.9 Å². The van der Waals surface area contributed by atoms with E-state index in [9.17, 15) is 0 Å². The Kier molecular flexibility index (Phi) is 10.3. The summed E-state index contributed by atoms with van der Waals surface area (Å²) in [7, 11) is 3.50. The highest BCUT2D eigenvalue weighted by Gasteiger charge is 2.27. The molecule has 2 aliphatic rings. The van der Waals surface area contributed by atoms with Gasteiger partial charge in [-0.3, -0.25) is 4.99 Å². The summed E-state index contributed by atoms with van der Waals surface area (Å²) in [5.41, 5.74) is 1.14. The van der Waals surface area contributed by atoms with Crippen LogP contribution in [-0.2, 0) is 6.54 Å². The summed E-state index contributed by atoms with van der Waals surface area (Å²) in [5.74, 6) is 2.42. The molecule has 0 unspecified atom stereocenters. The van der Waals surface area contributed by atoms with Gasteiger partial charge in [0.25, 0.3) is 0 Å². The van der Waals surface area contributed by atoms with E-state index in [0.29, 0.717) is 19.2 Å². The number of hydrogen-bond donors (Lipinski definition) is 2. The van der Waals surface area contributed by atoms with Crippen LogP contribution in [0.15, 0.2) is 23.2 Å². The Balaban J connectivity index is 0.00000300. The van der Waals surface area contributed by atoms with E-state index in [4.69, 9.17) is 9.47 Å². The first kappa shape index (κ1) is 24.1. The van der Waals surface area contributed by atoms with E-state index in [-0.39, 0.29) is 24.0 Å². The molecule has 1 saturated heterocycles. The van der Waals surface area contributed by atoms with Crippen LogP contribution in [0.5, 0.6) is 11.5 Å². The second kappa shape index (κ2) is 12.5. The van der Waals surface area contributed by atoms with Gasteiger partial charge in [-0.15, -0.1) is 24.0 Å². The maximum absolute atomic E-state index is 5.67. The average Bonchev–Trinajstić information content (AvgIpc) is 3.27. The molecule has 2 N–H and O–H groups in total. The number of ether oxygens (including phenoxy) is 2. The van der Waals surface area contributed by atoms with Gasteiger partial charge < -0.3 is 25.0 Å². The molecule has 0 radical (unpaired) electrons. The summed E-state index contributed by atoms with van der Waals surface area (Å²) in [4.78, 5) is 7.11. The molecule has 164 valence electrons. The van der Waals surface area contributed by atoms with E-state index < -0.39 is 0 Å². The van der Waals surface area contributed by atoms with Gasteiger partial charge in [-0.05, 0) is 50.3 Å².